The van der Waals surface area contributed by atoms with E-state index in [1.807, 2.05) is 0 Å². The summed E-state index contributed by atoms with van der Waals surface area (Å²) in [6, 6.07) is 0. The summed E-state index contributed by atoms with van der Waals surface area (Å²) in [5.41, 5.74) is 6.05. The normalized spacial score (nSPS) is 9.33. The molecule has 0 saturated carbocycles. The molecule has 0 fully saturated rings. The van der Waals surface area contributed by atoms with Crippen LogP contribution in [0.15, 0.2) is 24.8 Å². The average Bonchev–Trinajstić information content (AvgIpc) is 2.03. The van der Waals surface area contributed by atoms with Gasteiger partial charge in [0.1, 0.15) is 0 Å². The van der Waals surface area contributed by atoms with E-state index in [4.69, 9.17) is 5.73 Å². The second-order valence-electron chi connectivity index (χ2n) is 2.89. The Morgan fingerprint density at radius 3 is 2.33 bits per heavy atom. The van der Waals surface area contributed by atoms with Crippen molar-refractivity contribution in [2.75, 3.05) is 0 Å². The average molecular weight is 167 g/mol. The van der Waals surface area contributed by atoms with E-state index in [-0.39, 0.29) is 5.91 Å². The summed E-state index contributed by atoms with van der Waals surface area (Å²) in [5, 5.41) is 0. The van der Waals surface area contributed by atoms with Gasteiger partial charge < -0.3 is 5.73 Å². The Kier molecular flexibility index (Phi) is 6.07. The van der Waals surface area contributed by atoms with Crippen LogP contribution >= 0.6 is 0 Å². The highest BCUT2D eigenvalue weighted by atomic mass is 16.1. The molecule has 0 aliphatic rings. The number of primary amides is 1. The van der Waals surface area contributed by atoms with Gasteiger partial charge in [-0.25, -0.2) is 0 Å². The molecule has 0 aromatic carbocycles. The first-order valence-corrected chi connectivity index (χ1v) is 4.25. The molecule has 2 N–H and O–H groups in total. The van der Waals surface area contributed by atoms with Gasteiger partial charge in [-0.2, -0.15) is 0 Å². The van der Waals surface area contributed by atoms with Crippen molar-refractivity contribution in [1.82, 2.24) is 0 Å². The minimum atomic E-state index is -0.211. The summed E-state index contributed by atoms with van der Waals surface area (Å²) in [5.74, 6) is -0.211. The Hall–Kier alpha value is -1.05. The lowest BCUT2D eigenvalue weighted by molar-refractivity contribution is -0.118. The Balaban J connectivity index is 3.16. The summed E-state index contributed by atoms with van der Waals surface area (Å²) in [6.07, 6.45) is 6.24. The number of rotatable bonds is 7. The molecule has 1 amide bonds. The fraction of sp³-hybridized carbons (Fsp3) is 0.500. The molecule has 2 nitrogen and oxygen atoms in total. The lowest BCUT2D eigenvalue weighted by Crippen LogP contribution is -2.09. The molecule has 0 unspecified atom stereocenters. The van der Waals surface area contributed by atoms with Gasteiger partial charge in [-0.1, -0.05) is 31.2 Å². The van der Waals surface area contributed by atoms with Gasteiger partial charge in [0.2, 0.25) is 5.91 Å². The molecule has 2 heteroatoms. The second kappa shape index (κ2) is 6.65. The van der Waals surface area contributed by atoms with Crippen LogP contribution in [0.5, 0.6) is 0 Å². The third kappa shape index (κ3) is 7.06. The Labute approximate surface area is 74.1 Å². The maximum absolute atomic E-state index is 10.3. The molecule has 0 aromatic heterocycles. The molecule has 0 saturated heterocycles. The van der Waals surface area contributed by atoms with Crippen LogP contribution in [0.3, 0.4) is 0 Å². The lowest BCUT2D eigenvalue weighted by atomic mass is 10.1. The fourth-order valence-electron chi connectivity index (χ4n) is 0.930. The zero-order valence-electron chi connectivity index (χ0n) is 7.51. The first kappa shape index (κ1) is 11.0. The number of hydrogen-bond donors (Lipinski definition) is 1. The number of nitrogens with two attached hydrogens (primary N) is 1. The van der Waals surface area contributed by atoms with Crippen molar-refractivity contribution in [1.29, 1.82) is 0 Å². The Morgan fingerprint density at radius 2 is 1.83 bits per heavy atom. The number of carbonyl (C=O) groups is 1. The van der Waals surface area contributed by atoms with Crippen molar-refractivity contribution >= 4 is 5.91 Å². The molecule has 12 heavy (non-hydrogen) atoms. The molecule has 0 heterocycles. The van der Waals surface area contributed by atoms with Crippen LogP contribution in [-0.4, -0.2) is 5.91 Å². The van der Waals surface area contributed by atoms with Gasteiger partial charge >= 0.3 is 0 Å². The van der Waals surface area contributed by atoms with Crippen LogP contribution in [0, 0.1) is 0 Å². The molecule has 0 aliphatic carbocycles. The maximum Gasteiger partial charge on any atom is 0.217 e. The van der Waals surface area contributed by atoms with Gasteiger partial charge in [-0.3, -0.25) is 4.79 Å². The molecule has 68 valence electrons. The molecule has 0 aromatic rings. The van der Waals surface area contributed by atoms with Gasteiger partial charge in [-0.05, 0) is 19.3 Å². The second-order valence-corrected chi connectivity index (χ2v) is 2.89. The zero-order valence-corrected chi connectivity index (χ0v) is 7.51. The van der Waals surface area contributed by atoms with Gasteiger partial charge in [-0.15, -0.1) is 0 Å². The summed E-state index contributed by atoms with van der Waals surface area (Å²) >= 11 is 0. The van der Waals surface area contributed by atoms with Crippen molar-refractivity contribution in [2.45, 2.75) is 32.1 Å². The van der Waals surface area contributed by atoms with E-state index < -0.39 is 0 Å². The first-order chi connectivity index (χ1) is 5.66. The highest BCUT2D eigenvalue weighted by Crippen LogP contribution is 2.08. The van der Waals surface area contributed by atoms with Crippen molar-refractivity contribution in [3.05, 3.63) is 24.8 Å². The maximum atomic E-state index is 10.3. The third-order valence-electron chi connectivity index (χ3n) is 1.71. The van der Waals surface area contributed by atoms with E-state index in [1.165, 1.54) is 0 Å². The number of hydrogen-bond acceptors (Lipinski definition) is 1. The van der Waals surface area contributed by atoms with Gasteiger partial charge in [0, 0.05) is 6.42 Å². The van der Waals surface area contributed by atoms with Crippen molar-refractivity contribution < 1.29 is 4.79 Å². The van der Waals surface area contributed by atoms with E-state index in [9.17, 15) is 4.79 Å². The highest BCUT2D eigenvalue weighted by Gasteiger charge is 1.94. The molecule has 0 aliphatic heterocycles. The van der Waals surface area contributed by atoms with Gasteiger partial charge in [0.25, 0.3) is 0 Å². The summed E-state index contributed by atoms with van der Waals surface area (Å²) < 4.78 is 0. The molecule has 0 atom stereocenters. The van der Waals surface area contributed by atoms with Crippen molar-refractivity contribution in [2.24, 2.45) is 5.73 Å². The van der Waals surface area contributed by atoms with Crippen LogP contribution in [0.4, 0.5) is 0 Å². The molecular formula is C10H17NO. The van der Waals surface area contributed by atoms with Crippen LogP contribution in [0.1, 0.15) is 32.1 Å². The van der Waals surface area contributed by atoms with Crippen molar-refractivity contribution in [3.63, 3.8) is 0 Å². The van der Waals surface area contributed by atoms with Crippen LogP contribution in [0.2, 0.25) is 0 Å². The minimum absolute atomic E-state index is 0.211. The predicted octanol–water partition coefficient (Wildman–Crippen LogP) is 2.16. The number of amides is 1. The lowest BCUT2D eigenvalue weighted by Gasteiger charge is -1.98. The topological polar surface area (TPSA) is 43.1 Å². The monoisotopic (exact) mass is 167 g/mol. The number of allylic oxidation sites excluding steroid dienone is 2. The summed E-state index contributed by atoms with van der Waals surface area (Å²) in [6.45, 7) is 7.41. The molecular weight excluding hydrogens is 150 g/mol. The first-order valence-electron chi connectivity index (χ1n) is 4.25. The van der Waals surface area contributed by atoms with E-state index in [0.717, 1.165) is 31.3 Å². The molecule has 0 bridgehead atoms. The Bertz CT molecular complexity index is 173. The quantitative estimate of drug-likeness (QED) is 0.458. The SMILES string of the molecule is C=CC(=C)CCCCCC(N)=O. The minimum Gasteiger partial charge on any atom is -0.370 e. The third-order valence-corrected chi connectivity index (χ3v) is 1.71. The van der Waals surface area contributed by atoms with E-state index in [0.29, 0.717) is 6.42 Å². The van der Waals surface area contributed by atoms with E-state index >= 15 is 0 Å². The molecule has 0 spiro atoms. The van der Waals surface area contributed by atoms with E-state index in [2.05, 4.69) is 13.2 Å². The number of carbonyl (C=O) groups excluding carboxylic acids is 1. The van der Waals surface area contributed by atoms with Crippen LogP contribution < -0.4 is 5.73 Å². The Morgan fingerprint density at radius 1 is 1.25 bits per heavy atom. The standard InChI is InChI=1S/C10H17NO/c1-3-9(2)7-5-4-6-8-10(11)12/h3H,1-2,4-8H2,(H2,11,12). The van der Waals surface area contributed by atoms with Gasteiger partial charge in [0.05, 0.1) is 0 Å². The predicted molar refractivity (Wildman–Crippen MR) is 51.6 cm³/mol. The smallest absolute Gasteiger partial charge is 0.217 e. The highest BCUT2D eigenvalue weighted by molar-refractivity contribution is 5.73. The van der Waals surface area contributed by atoms with Crippen LogP contribution in [0.25, 0.3) is 0 Å². The molecule has 0 rings (SSSR count). The summed E-state index contributed by atoms with van der Waals surface area (Å²) in [4.78, 5) is 10.3. The van der Waals surface area contributed by atoms with E-state index in [1.54, 1.807) is 6.08 Å². The van der Waals surface area contributed by atoms with Crippen molar-refractivity contribution in [3.8, 4) is 0 Å². The zero-order chi connectivity index (χ0) is 9.40. The number of unbranched alkanes of at least 4 members (excludes halogenated alkanes) is 2. The summed E-state index contributed by atoms with van der Waals surface area (Å²) in [7, 11) is 0. The van der Waals surface area contributed by atoms with Gasteiger partial charge in [0.15, 0.2) is 0 Å². The largest absolute Gasteiger partial charge is 0.370 e. The van der Waals surface area contributed by atoms with Crippen LogP contribution in [-0.2, 0) is 4.79 Å². The fourth-order valence-corrected chi connectivity index (χ4v) is 0.930. The molecule has 0 radical (unpaired) electrons.